The first kappa shape index (κ1) is 16.6. The number of H-pyrrole nitrogens is 1. The van der Waals surface area contributed by atoms with Gasteiger partial charge in [-0.15, -0.1) is 0 Å². The summed E-state index contributed by atoms with van der Waals surface area (Å²) in [5, 5.41) is 0.503. The second kappa shape index (κ2) is 7.17. The topological polar surface area (TPSA) is 73.3 Å². The van der Waals surface area contributed by atoms with Gasteiger partial charge in [-0.05, 0) is 42.7 Å². The largest absolute Gasteiger partial charge is 0.491 e. The molecule has 26 heavy (non-hydrogen) atoms. The molecule has 6 nitrogen and oxygen atoms in total. The molecule has 0 saturated carbocycles. The second-order valence-corrected chi connectivity index (χ2v) is 6.46. The molecular weight excluding hydrogens is 332 g/mol. The highest BCUT2D eigenvalue weighted by atomic mass is 16.5. The van der Waals surface area contributed by atoms with E-state index >= 15 is 0 Å². The fourth-order valence-corrected chi connectivity index (χ4v) is 3.18. The Morgan fingerprint density at radius 1 is 1.12 bits per heavy atom. The Morgan fingerprint density at radius 3 is 2.69 bits per heavy atom. The van der Waals surface area contributed by atoms with Crippen LogP contribution in [0.3, 0.4) is 0 Å². The summed E-state index contributed by atoms with van der Waals surface area (Å²) in [6, 6.07) is 14.5. The molecule has 2 aromatic carbocycles. The molecule has 1 fully saturated rings. The van der Waals surface area contributed by atoms with Crippen LogP contribution in [0.25, 0.3) is 10.9 Å². The first-order chi connectivity index (χ1) is 12.7. The number of rotatable bonds is 5. The summed E-state index contributed by atoms with van der Waals surface area (Å²) < 4.78 is 12.5. The van der Waals surface area contributed by atoms with Gasteiger partial charge in [0.2, 0.25) is 0 Å². The molecule has 0 bridgehead atoms. The van der Waals surface area contributed by atoms with Gasteiger partial charge in [-0.2, -0.15) is 0 Å². The van der Waals surface area contributed by atoms with Crippen molar-refractivity contribution in [1.29, 1.82) is 0 Å². The van der Waals surface area contributed by atoms with E-state index in [0.717, 1.165) is 30.8 Å². The average Bonchev–Trinajstić information content (AvgIpc) is 3.18. The zero-order valence-corrected chi connectivity index (χ0v) is 14.3. The molecule has 0 radical (unpaired) electrons. The van der Waals surface area contributed by atoms with Crippen molar-refractivity contribution in [2.24, 2.45) is 0 Å². The van der Waals surface area contributed by atoms with E-state index in [1.165, 1.54) is 4.57 Å². The van der Waals surface area contributed by atoms with Crippen molar-refractivity contribution in [1.82, 2.24) is 9.55 Å². The van der Waals surface area contributed by atoms with Crippen molar-refractivity contribution in [3.05, 3.63) is 74.9 Å². The van der Waals surface area contributed by atoms with E-state index in [2.05, 4.69) is 4.98 Å². The van der Waals surface area contributed by atoms with Gasteiger partial charge < -0.3 is 14.5 Å². The summed E-state index contributed by atoms with van der Waals surface area (Å²) in [7, 11) is 0. The van der Waals surface area contributed by atoms with E-state index in [9.17, 15) is 9.59 Å². The van der Waals surface area contributed by atoms with Crippen molar-refractivity contribution in [3.8, 4) is 5.75 Å². The number of ether oxygens (including phenoxy) is 2. The van der Waals surface area contributed by atoms with E-state index in [1.54, 1.807) is 24.3 Å². The quantitative estimate of drug-likeness (QED) is 0.765. The lowest BCUT2D eigenvalue weighted by atomic mass is 10.2. The minimum atomic E-state index is -0.410. The van der Waals surface area contributed by atoms with E-state index in [1.807, 2.05) is 24.3 Å². The fraction of sp³-hybridized carbons (Fsp3) is 0.300. The standard InChI is InChI=1S/C20H20N2O4/c23-19-17-5-1-2-6-18(17)21-20(24)22(19)12-14-7-9-15(10-8-14)26-13-16-4-3-11-25-16/h1-2,5-10,16H,3-4,11-13H2,(H,21,24). The molecule has 1 aromatic heterocycles. The zero-order valence-electron chi connectivity index (χ0n) is 14.3. The Hall–Kier alpha value is -2.86. The van der Waals surface area contributed by atoms with Crippen LogP contribution < -0.4 is 16.0 Å². The van der Waals surface area contributed by atoms with Gasteiger partial charge in [-0.1, -0.05) is 24.3 Å². The Kier molecular flexibility index (Phi) is 4.58. The molecular formula is C20H20N2O4. The number of aromatic nitrogens is 2. The lowest BCUT2D eigenvalue weighted by molar-refractivity contribution is 0.0679. The summed E-state index contributed by atoms with van der Waals surface area (Å²) >= 11 is 0. The maximum absolute atomic E-state index is 12.6. The van der Waals surface area contributed by atoms with Gasteiger partial charge in [-0.25, -0.2) is 4.79 Å². The highest BCUT2D eigenvalue weighted by molar-refractivity contribution is 5.76. The third-order valence-electron chi connectivity index (χ3n) is 4.61. The van der Waals surface area contributed by atoms with E-state index in [-0.39, 0.29) is 18.2 Å². The summed E-state index contributed by atoms with van der Waals surface area (Å²) in [6.45, 7) is 1.57. The van der Waals surface area contributed by atoms with Crippen LogP contribution >= 0.6 is 0 Å². The highest BCUT2D eigenvalue weighted by Gasteiger charge is 2.16. The first-order valence-corrected chi connectivity index (χ1v) is 8.76. The number of aromatic amines is 1. The number of para-hydroxylation sites is 1. The first-order valence-electron chi connectivity index (χ1n) is 8.76. The third-order valence-corrected chi connectivity index (χ3v) is 4.61. The predicted octanol–water partition coefficient (Wildman–Crippen LogP) is 2.30. The molecule has 1 atom stereocenters. The lowest BCUT2D eigenvalue weighted by Crippen LogP contribution is -2.35. The summed E-state index contributed by atoms with van der Waals surface area (Å²) in [5.74, 6) is 0.754. The van der Waals surface area contributed by atoms with Crippen molar-refractivity contribution in [2.75, 3.05) is 13.2 Å². The molecule has 6 heteroatoms. The lowest BCUT2D eigenvalue weighted by Gasteiger charge is -2.12. The molecule has 0 aliphatic carbocycles. The van der Waals surface area contributed by atoms with Crippen LogP contribution in [-0.4, -0.2) is 28.9 Å². The van der Waals surface area contributed by atoms with Crippen LogP contribution in [0.5, 0.6) is 5.75 Å². The average molecular weight is 352 g/mol. The number of nitrogens with one attached hydrogen (secondary N) is 1. The second-order valence-electron chi connectivity index (χ2n) is 6.46. The number of nitrogens with zero attached hydrogens (tertiary/aromatic N) is 1. The van der Waals surface area contributed by atoms with E-state index in [4.69, 9.17) is 9.47 Å². The van der Waals surface area contributed by atoms with Gasteiger partial charge in [-0.3, -0.25) is 9.36 Å². The Bertz CT molecular complexity index is 1010. The van der Waals surface area contributed by atoms with Crippen molar-refractivity contribution in [2.45, 2.75) is 25.5 Å². The van der Waals surface area contributed by atoms with Crippen molar-refractivity contribution < 1.29 is 9.47 Å². The molecule has 2 heterocycles. The minimum Gasteiger partial charge on any atom is -0.491 e. The zero-order chi connectivity index (χ0) is 17.9. The van der Waals surface area contributed by atoms with Gasteiger partial charge in [0.1, 0.15) is 12.4 Å². The van der Waals surface area contributed by atoms with E-state index < -0.39 is 5.69 Å². The van der Waals surface area contributed by atoms with Crippen LogP contribution in [0.15, 0.2) is 58.1 Å². The molecule has 1 unspecified atom stereocenters. The molecule has 134 valence electrons. The molecule has 0 amide bonds. The Morgan fingerprint density at radius 2 is 1.92 bits per heavy atom. The van der Waals surface area contributed by atoms with Gasteiger partial charge in [0.25, 0.3) is 5.56 Å². The van der Waals surface area contributed by atoms with Crippen molar-refractivity contribution in [3.63, 3.8) is 0 Å². The number of hydrogen-bond acceptors (Lipinski definition) is 4. The van der Waals surface area contributed by atoms with Gasteiger partial charge >= 0.3 is 5.69 Å². The maximum atomic E-state index is 12.6. The SMILES string of the molecule is O=c1[nH]c2ccccc2c(=O)n1Cc1ccc(OCC2CCCO2)cc1. The van der Waals surface area contributed by atoms with Crippen LogP contribution in [0, 0.1) is 0 Å². The van der Waals surface area contributed by atoms with Crippen molar-refractivity contribution >= 4 is 10.9 Å². The van der Waals surface area contributed by atoms with Crippen LogP contribution in [0.1, 0.15) is 18.4 Å². The molecule has 1 aliphatic rings. The minimum absolute atomic E-state index is 0.171. The third kappa shape index (κ3) is 3.41. The number of hydrogen-bond donors (Lipinski definition) is 1. The molecule has 1 N–H and O–H groups in total. The smallest absolute Gasteiger partial charge is 0.329 e. The Labute approximate surface area is 150 Å². The van der Waals surface area contributed by atoms with Crippen LogP contribution in [0.2, 0.25) is 0 Å². The van der Waals surface area contributed by atoms with E-state index in [0.29, 0.717) is 17.5 Å². The maximum Gasteiger partial charge on any atom is 0.329 e. The summed E-state index contributed by atoms with van der Waals surface area (Å²) in [5.41, 5.74) is 0.712. The fourth-order valence-electron chi connectivity index (χ4n) is 3.18. The predicted molar refractivity (Wildman–Crippen MR) is 98.8 cm³/mol. The molecule has 4 rings (SSSR count). The Balaban J connectivity index is 1.51. The van der Waals surface area contributed by atoms with Gasteiger partial charge in [0.05, 0.1) is 23.6 Å². The van der Waals surface area contributed by atoms with Gasteiger partial charge in [0.15, 0.2) is 0 Å². The van der Waals surface area contributed by atoms with Gasteiger partial charge in [0, 0.05) is 6.61 Å². The molecule has 1 saturated heterocycles. The van der Waals surface area contributed by atoms with Crippen LogP contribution in [-0.2, 0) is 11.3 Å². The highest BCUT2D eigenvalue weighted by Crippen LogP contribution is 2.17. The van der Waals surface area contributed by atoms with Crippen LogP contribution in [0.4, 0.5) is 0 Å². The normalized spacial score (nSPS) is 16.8. The molecule has 1 aliphatic heterocycles. The molecule has 3 aromatic rings. The monoisotopic (exact) mass is 352 g/mol. The molecule has 0 spiro atoms. The number of benzene rings is 2. The number of fused-ring (bicyclic) bond motifs is 1. The summed E-state index contributed by atoms with van der Waals surface area (Å²) in [4.78, 5) is 27.6. The summed E-state index contributed by atoms with van der Waals surface area (Å²) in [6.07, 6.45) is 2.29.